The van der Waals surface area contributed by atoms with E-state index >= 15 is 0 Å². The van der Waals surface area contributed by atoms with Gasteiger partial charge in [0.2, 0.25) is 0 Å². The summed E-state index contributed by atoms with van der Waals surface area (Å²) in [5, 5.41) is 2.84. The van der Waals surface area contributed by atoms with Crippen molar-refractivity contribution in [2.45, 2.75) is 19.9 Å². The van der Waals surface area contributed by atoms with E-state index in [1.54, 1.807) is 12.3 Å². The van der Waals surface area contributed by atoms with E-state index in [0.29, 0.717) is 31.1 Å². The summed E-state index contributed by atoms with van der Waals surface area (Å²) in [7, 11) is 3.99. The molecule has 0 bridgehead atoms. The van der Waals surface area contributed by atoms with E-state index in [1.165, 1.54) is 0 Å². The first kappa shape index (κ1) is 16.5. The molecule has 114 valence electrons. The zero-order chi connectivity index (χ0) is 15.1. The van der Waals surface area contributed by atoms with Crippen LogP contribution in [0.5, 0.6) is 0 Å². The molecule has 0 spiro atoms. The minimum absolute atomic E-state index is 0.119. The first-order chi connectivity index (χ1) is 9.41. The number of nitrogens with one attached hydrogen (secondary N) is 1. The lowest BCUT2D eigenvalue weighted by Gasteiger charge is -2.13. The summed E-state index contributed by atoms with van der Waals surface area (Å²) < 4.78 is 7.30. The third-order valence-corrected chi connectivity index (χ3v) is 2.87. The molecular weight excluding hydrogens is 256 g/mol. The topological polar surface area (TPSA) is 72.5 Å². The average Bonchev–Trinajstić information content (AvgIpc) is 2.75. The molecule has 0 unspecified atom stereocenters. The molecule has 20 heavy (non-hydrogen) atoms. The Balaban J connectivity index is 2.36. The zero-order valence-electron chi connectivity index (χ0n) is 12.8. The number of carbonyl (C=O) groups excluding carboxylic acids is 1. The highest BCUT2D eigenvalue weighted by Gasteiger charge is 2.14. The van der Waals surface area contributed by atoms with E-state index < -0.39 is 0 Å². The van der Waals surface area contributed by atoms with Crippen LogP contribution in [0.25, 0.3) is 0 Å². The number of nitrogens with zero attached hydrogens (tertiary/aromatic N) is 2. The maximum atomic E-state index is 12.1. The molecule has 0 radical (unpaired) electrons. The Kier molecular flexibility index (Phi) is 6.54. The van der Waals surface area contributed by atoms with Crippen LogP contribution in [0.15, 0.2) is 12.3 Å². The Morgan fingerprint density at radius 1 is 1.45 bits per heavy atom. The van der Waals surface area contributed by atoms with E-state index in [9.17, 15) is 4.79 Å². The van der Waals surface area contributed by atoms with Gasteiger partial charge in [0.1, 0.15) is 5.69 Å². The Bertz CT molecular complexity index is 427. The first-order valence-electron chi connectivity index (χ1n) is 6.90. The number of ether oxygens (including phenoxy) is 1. The van der Waals surface area contributed by atoms with Crippen molar-refractivity contribution in [1.29, 1.82) is 0 Å². The minimum Gasteiger partial charge on any atom is -0.397 e. The lowest BCUT2D eigenvalue weighted by molar-refractivity contribution is 0.0890. The molecular formula is C14H26N4O2. The molecule has 6 heteroatoms. The summed E-state index contributed by atoms with van der Waals surface area (Å²) in [6, 6.07) is 1.90. The fourth-order valence-electron chi connectivity index (χ4n) is 1.79. The summed E-state index contributed by atoms with van der Waals surface area (Å²) in [6.45, 7) is 6.58. The van der Waals surface area contributed by atoms with Crippen LogP contribution < -0.4 is 11.1 Å². The van der Waals surface area contributed by atoms with E-state index in [-0.39, 0.29) is 11.9 Å². The van der Waals surface area contributed by atoms with Gasteiger partial charge in [-0.2, -0.15) is 0 Å². The molecule has 0 aromatic carbocycles. The molecule has 1 aromatic rings. The Hall–Kier alpha value is -1.53. The first-order valence-corrected chi connectivity index (χ1v) is 6.90. The third-order valence-electron chi connectivity index (χ3n) is 2.87. The Labute approximate surface area is 120 Å². The van der Waals surface area contributed by atoms with Gasteiger partial charge in [-0.3, -0.25) is 4.79 Å². The minimum atomic E-state index is -0.119. The van der Waals surface area contributed by atoms with Crippen LogP contribution in [0.1, 0.15) is 30.4 Å². The third kappa shape index (κ3) is 5.22. The van der Waals surface area contributed by atoms with Crippen molar-refractivity contribution < 1.29 is 9.53 Å². The lowest BCUT2D eigenvalue weighted by atomic mass is 10.3. The predicted octanol–water partition coefficient (Wildman–Crippen LogP) is 0.959. The van der Waals surface area contributed by atoms with Crippen molar-refractivity contribution in [1.82, 2.24) is 14.8 Å². The number of anilines is 1. The van der Waals surface area contributed by atoms with Gasteiger partial charge >= 0.3 is 0 Å². The number of hydrogen-bond acceptors (Lipinski definition) is 4. The van der Waals surface area contributed by atoms with Gasteiger partial charge in [0.05, 0.1) is 18.9 Å². The van der Waals surface area contributed by atoms with Crippen molar-refractivity contribution in [3.8, 4) is 0 Å². The van der Waals surface area contributed by atoms with Crippen LogP contribution in [0.4, 0.5) is 5.69 Å². The van der Waals surface area contributed by atoms with Crippen LogP contribution in [0.3, 0.4) is 0 Å². The molecule has 3 N–H and O–H groups in total. The van der Waals surface area contributed by atoms with Crippen molar-refractivity contribution in [2.24, 2.45) is 0 Å². The van der Waals surface area contributed by atoms with Gasteiger partial charge in [-0.15, -0.1) is 0 Å². The molecule has 0 saturated heterocycles. The SMILES string of the molecule is CC(C)n1cc(N)cc1C(=O)NCCOCCN(C)C. The zero-order valence-corrected chi connectivity index (χ0v) is 12.8. The molecule has 6 nitrogen and oxygen atoms in total. The molecule has 1 rings (SSSR count). The largest absolute Gasteiger partial charge is 0.397 e. The number of rotatable bonds is 8. The van der Waals surface area contributed by atoms with Gasteiger partial charge in [-0.1, -0.05) is 0 Å². The number of amides is 1. The molecule has 1 aromatic heterocycles. The Morgan fingerprint density at radius 3 is 2.75 bits per heavy atom. The molecule has 0 fully saturated rings. The fraction of sp³-hybridized carbons (Fsp3) is 0.643. The van der Waals surface area contributed by atoms with Crippen LogP contribution in [0, 0.1) is 0 Å². The highest BCUT2D eigenvalue weighted by Crippen LogP contribution is 2.16. The van der Waals surface area contributed by atoms with Gasteiger partial charge in [0.15, 0.2) is 0 Å². The molecule has 0 aliphatic carbocycles. The number of likely N-dealkylation sites (N-methyl/N-ethyl adjacent to an activating group) is 1. The molecule has 1 amide bonds. The van der Waals surface area contributed by atoms with Crippen LogP contribution >= 0.6 is 0 Å². The molecule has 0 atom stereocenters. The second kappa shape index (κ2) is 7.91. The van der Waals surface area contributed by atoms with E-state index in [2.05, 4.69) is 10.2 Å². The second-order valence-corrected chi connectivity index (χ2v) is 5.33. The van der Waals surface area contributed by atoms with Crippen LogP contribution in [-0.4, -0.2) is 55.8 Å². The summed E-state index contributed by atoms with van der Waals surface area (Å²) in [4.78, 5) is 14.1. The van der Waals surface area contributed by atoms with Gasteiger partial charge in [0, 0.05) is 25.3 Å². The normalized spacial score (nSPS) is 11.3. The number of nitrogens with two attached hydrogens (primary N) is 1. The summed E-state index contributed by atoms with van der Waals surface area (Å²) in [5.74, 6) is -0.119. The highest BCUT2D eigenvalue weighted by atomic mass is 16.5. The van der Waals surface area contributed by atoms with Crippen LogP contribution in [-0.2, 0) is 4.74 Å². The maximum Gasteiger partial charge on any atom is 0.268 e. The van der Waals surface area contributed by atoms with Crippen molar-refractivity contribution >= 4 is 11.6 Å². The number of carbonyl (C=O) groups is 1. The maximum absolute atomic E-state index is 12.1. The Morgan fingerprint density at radius 2 is 2.15 bits per heavy atom. The fourth-order valence-corrected chi connectivity index (χ4v) is 1.79. The van der Waals surface area contributed by atoms with Gasteiger partial charge in [-0.05, 0) is 34.0 Å². The summed E-state index contributed by atoms with van der Waals surface area (Å²) >= 11 is 0. The second-order valence-electron chi connectivity index (χ2n) is 5.33. The number of hydrogen-bond donors (Lipinski definition) is 2. The van der Waals surface area contributed by atoms with Crippen LogP contribution in [0.2, 0.25) is 0 Å². The predicted molar refractivity (Wildman–Crippen MR) is 80.9 cm³/mol. The monoisotopic (exact) mass is 282 g/mol. The quantitative estimate of drug-likeness (QED) is 0.697. The smallest absolute Gasteiger partial charge is 0.268 e. The summed E-state index contributed by atoms with van der Waals surface area (Å²) in [6.07, 6.45) is 1.78. The lowest BCUT2D eigenvalue weighted by Crippen LogP contribution is -2.30. The van der Waals surface area contributed by atoms with E-state index in [0.717, 1.165) is 6.54 Å². The van der Waals surface area contributed by atoms with Gasteiger partial charge < -0.3 is 25.3 Å². The van der Waals surface area contributed by atoms with E-state index in [4.69, 9.17) is 10.5 Å². The van der Waals surface area contributed by atoms with E-state index in [1.807, 2.05) is 32.5 Å². The van der Waals surface area contributed by atoms with Crippen molar-refractivity contribution in [2.75, 3.05) is 46.1 Å². The molecule has 1 heterocycles. The standard InChI is InChI=1S/C14H26N4O2/c1-11(2)18-10-12(15)9-13(18)14(19)16-5-7-20-8-6-17(3)4/h9-11H,5-8,15H2,1-4H3,(H,16,19). The average molecular weight is 282 g/mol. The molecule has 0 saturated carbocycles. The van der Waals surface area contributed by atoms with Gasteiger partial charge in [0.25, 0.3) is 5.91 Å². The number of aromatic nitrogens is 1. The molecule has 0 aliphatic rings. The van der Waals surface area contributed by atoms with Gasteiger partial charge in [-0.25, -0.2) is 0 Å². The van der Waals surface area contributed by atoms with Crippen molar-refractivity contribution in [3.05, 3.63) is 18.0 Å². The highest BCUT2D eigenvalue weighted by molar-refractivity contribution is 5.93. The van der Waals surface area contributed by atoms with Crippen molar-refractivity contribution in [3.63, 3.8) is 0 Å². The molecule has 0 aliphatic heterocycles. The summed E-state index contributed by atoms with van der Waals surface area (Å²) in [5.41, 5.74) is 6.94. The number of nitrogen functional groups attached to an aromatic ring is 1.